The summed E-state index contributed by atoms with van der Waals surface area (Å²) in [6.07, 6.45) is 3.28. The highest BCUT2D eigenvalue weighted by molar-refractivity contribution is 7.84. The Labute approximate surface area is 170 Å². The third kappa shape index (κ3) is 4.69. The molecule has 0 amide bonds. The van der Waals surface area contributed by atoms with Gasteiger partial charge in [-0.3, -0.25) is 4.18 Å². The van der Waals surface area contributed by atoms with Crippen LogP contribution in [0.25, 0.3) is 0 Å². The van der Waals surface area contributed by atoms with E-state index in [1.54, 1.807) is 12.3 Å². The number of nitrogens with one attached hydrogen (secondary N) is 2. The Kier molecular flexibility index (Phi) is 5.73. The molecule has 2 aliphatic rings. The molecule has 2 aromatic rings. The zero-order valence-corrected chi connectivity index (χ0v) is 16.9. The second-order valence-corrected chi connectivity index (χ2v) is 8.91. The van der Waals surface area contributed by atoms with Crippen LogP contribution in [0.2, 0.25) is 0 Å². The normalized spacial score (nSPS) is 26.3. The number of pyridine rings is 1. The van der Waals surface area contributed by atoms with Crippen molar-refractivity contribution in [3.05, 3.63) is 53.7 Å². The first kappa shape index (κ1) is 20.1. The number of aromatic nitrogens is 1. The largest absolute Gasteiger partial charge is 0.490 e. The molecule has 1 aromatic heterocycles. The first-order valence-corrected chi connectivity index (χ1v) is 11.1. The Bertz CT molecular complexity index is 968. The van der Waals surface area contributed by atoms with Crippen LogP contribution in [0.4, 0.5) is 5.82 Å². The van der Waals surface area contributed by atoms with Crippen LogP contribution in [-0.2, 0) is 20.9 Å². The van der Waals surface area contributed by atoms with E-state index in [0.717, 1.165) is 25.8 Å². The number of ether oxygens (including phenoxy) is 1. The van der Waals surface area contributed by atoms with Crippen LogP contribution in [0.3, 0.4) is 0 Å². The van der Waals surface area contributed by atoms with Crippen LogP contribution < -0.4 is 14.8 Å². The maximum atomic E-state index is 11.6. The number of hydrogen-bond acceptors (Lipinski definition) is 7. The zero-order valence-electron chi connectivity index (χ0n) is 16.1. The highest BCUT2D eigenvalue weighted by atomic mass is 32.2. The monoisotopic (exact) mass is 419 g/mol. The van der Waals surface area contributed by atoms with E-state index in [9.17, 15) is 13.5 Å². The average molecular weight is 420 g/mol. The molecule has 4 atom stereocenters. The summed E-state index contributed by atoms with van der Waals surface area (Å²) < 4.78 is 35.8. The van der Waals surface area contributed by atoms with Gasteiger partial charge in [0, 0.05) is 25.1 Å². The molecule has 0 aliphatic heterocycles. The Balaban J connectivity index is 1.39. The standard InChI is InChI=1S/C20H25N3O5S/c1-27-29(25,26)23-18-10-15(11-19(18)24)28-14-8-9-21-20(12-14)22-17-7-6-13-4-2-3-5-16(13)17/h2-5,8-9,12,15,17-19,23-24H,6-7,10-11H2,1H3,(H,21,22)/t15-,17+,18+,19+/m1/s1. The maximum absolute atomic E-state index is 11.6. The predicted molar refractivity (Wildman–Crippen MR) is 108 cm³/mol. The Morgan fingerprint density at radius 1 is 1.21 bits per heavy atom. The van der Waals surface area contributed by atoms with Gasteiger partial charge in [0.25, 0.3) is 0 Å². The molecule has 0 spiro atoms. The highest BCUT2D eigenvalue weighted by Crippen LogP contribution is 2.34. The molecule has 1 aromatic carbocycles. The van der Waals surface area contributed by atoms with Gasteiger partial charge >= 0.3 is 10.3 Å². The summed E-state index contributed by atoms with van der Waals surface area (Å²) in [5, 5.41) is 13.6. The molecule has 1 heterocycles. The lowest BCUT2D eigenvalue weighted by Gasteiger charge is -2.17. The minimum atomic E-state index is -3.86. The third-order valence-corrected chi connectivity index (χ3v) is 6.52. The molecule has 1 saturated carbocycles. The molecule has 2 aliphatic carbocycles. The van der Waals surface area contributed by atoms with E-state index in [4.69, 9.17) is 4.74 Å². The smallest absolute Gasteiger partial charge is 0.335 e. The van der Waals surface area contributed by atoms with Gasteiger partial charge in [-0.05, 0) is 30.0 Å². The van der Waals surface area contributed by atoms with E-state index < -0.39 is 22.4 Å². The van der Waals surface area contributed by atoms with Gasteiger partial charge in [-0.15, -0.1) is 0 Å². The first-order chi connectivity index (χ1) is 13.9. The Hall–Kier alpha value is -2.20. The fourth-order valence-corrected chi connectivity index (χ4v) is 4.79. The topological polar surface area (TPSA) is 110 Å². The number of benzene rings is 1. The number of aliphatic hydroxyl groups excluding tert-OH is 1. The summed E-state index contributed by atoms with van der Waals surface area (Å²) in [4.78, 5) is 4.39. The van der Waals surface area contributed by atoms with Crippen LogP contribution in [-0.4, -0.2) is 43.9 Å². The van der Waals surface area contributed by atoms with Crippen LogP contribution in [0, 0.1) is 0 Å². The van der Waals surface area contributed by atoms with E-state index in [1.165, 1.54) is 11.1 Å². The van der Waals surface area contributed by atoms with E-state index >= 15 is 0 Å². The van der Waals surface area contributed by atoms with Crippen LogP contribution in [0.5, 0.6) is 5.75 Å². The summed E-state index contributed by atoms with van der Waals surface area (Å²) in [6.45, 7) is 0. The van der Waals surface area contributed by atoms with Crippen molar-refractivity contribution < 1.29 is 22.4 Å². The van der Waals surface area contributed by atoms with Gasteiger partial charge in [-0.2, -0.15) is 13.1 Å². The quantitative estimate of drug-likeness (QED) is 0.629. The fraction of sp³-hybridized carbons (Fsp3) is 0.450. The number of aliphatic hydroxyl groups is 1. The molecular weight excluding hydrogens is 394 g/mol. The maximum Gasteiger partial charge on any atom is 0.335 e. The van der Waals surface area contributed by atoms with Crippen molar-refractivity contribution in [1.29, 1.82) is 0 Å². The Morgan fingerprint density at radius 3 is 2.86 bits per heavy atom. The number of rotatable bonds is 7. The van der Waals surface area contributed by atoms with Crippen LogP contribution >= 0.6 is 0 Å². The highest BCUT2D eigenvalue weighted by Gasteiger charge is 2.37. The van der Waals surface area contributed by atoms with Crippen LogP contribution in [0.1, 0.15) is 36.4 Å². The second kappa shape index (κ2) is 8.27. The lowest BCUT2D eigenvalue weighted by atomic mass is 10.1. The minimum absolute atomic E-state index is 0.218. The van der Waals surface area contributed by atoms with E-state index in [-0.39, 0.29) is 12.1 Å². The predicted octanol–water partition coefficient (Wildman–Crippen LogP) is 1.93. The minimum Gasteiger partial charge on any atom is -0.490 e. The van der Waals surface area contributed by atoms with Crippen molar-refractivity contribution in [2.75, 3.05) is 12.4 Å². The summed E-state index contributed by atoms with van der Waals surface area (Å²) >= 11 is 0. The lowest BCUT2D eigenvalue weighted by molar-refractivity contribution is 0.139. The van der Waals surface area contributed by atoms with Crippen molar-refractivity contribution in [2.45, 2.75) is 50.0 Å². The zero-order chi connectivity index (χ0) is 20.4. The van der Waals surface area contributed by atoms with Crippen LogP contribution in [0.15, 0.2) is 42.6 Å². The van der Waals surface area contributed by atoms with Crippen molar-refractivity contribution >= 4 is 16.1 Å². The number of fused-ring (bicyclic) bond motifs is 1. The summed E-state index contributed by atoms with van der Waals surface area (Å²) in [6, 6.07) is 11.6. The molecule has 3 N–H and O–H groups in total. The van der Waals surface area contributed by atoms with Gasteiger partial charge < -0.3 is 15.2 Å². The van der Waals surface area contributed by atoms with Crippen molar-refractivity contribution in [2.24, 2.45) is 0 Å². The average Bonchev–Trinajstić information content (AvgIpc) is 3.25. The van der Waals surface area contributed by atoms with Gasteiger partial charge in [0.15, 0.2) is 0 Å². The van der Waals surface area contributed by atoms with Crippen molar-refractivity contribution in [1.82, 2.24) is 9.71 Å². The molecule has 0 unspecified atom stereocenters. The summed E-state index contributed by atoms with van der Waals surface area (Å²) in [5.41, 5.74) is 2.66. The summed E-state index contributed by atoms with van der Waals surface area (Å²) in [7, 11) is -2.79. The second-order valence-electron chi connectivity index (χ2n) is 7.43. The lowest BCUT2D eigenvalue weighted by Crippen LogP contribution is -2.40. The van der Waals surface area contributed by atoms with E-state index in [2.05, 4.69) is 37.4 Å². The molecule has 1 fully saturated rings. The molecule has 156 valence electrons. The number of nitrogens with zero attached hydrogens (tertiary/aromatic N) is 1. The third-order valence-electron chi connectivity index (χ3n) is 5.49. The van der Waals surface area contributed by atoms with Crippen molar-refractivity contribution in [3.8, 4) is 5.75 Å². The first-order valence-electron chi connectivity index (χ1n) is 9.66. The fourth-order valence-electron chi connectivity index (χ4n) is 4.07. The molecular formula is C20H25N3O5S. The molecule has 0 saturated heterocycles. The van der Waals surface area contributed by atoms with Gasteiger partial charge in [-0.25, -0.2) is 4.98 Å². The number of anilines is 1. The number of hydrogen-bond donors (Lipinski definition) is 3. The number of aryl methyl sites for hydroxylation is 1. The van der Waals surface area contributed by atoms with E-state index in [1.807, 2.05) is 12.1 Å². The molecule has 9 heteroatoms. The Morgan fingerprint density at radius 2 is 2.03 bits per heavy atom. The SMILES string of the molecule is COS(=O)(=O)N[C@H]1C[C@@H](Oc2ccnc(N[C@H]3CCc4ccccc43)c2)C[C@@H]1O. The molecule has 0 bridgehead atoms. The van der Waals surface area contributed by atoms with Crippen molar-refractivity contribution in [3.63, 3.8) is 0 Å². The molecule has 29 heavy (non-hydrogen) atoms. The summed E-state index contributed by atoms with van der Waals surface area (Å²) in [5.74, 6) is 1.35. The molecule has 0 radical (unpaired) electrons. The molecule has 4 rings (SSSR count). The van der Waals surface area contributed by atoms with E-state index in [0.29, 0.717) is 18.6 Å². The van der Waals surface area contributed by atoms with Gasteiger partial charge in [0.2, 0.25) is 0 Å². The molecule has 8 nitrogen and oxygen atoms in total. The van der Waals surface area contributed by atoms with Gasteiger partial charge in [0.1, 0.15) is 17.7 Å². The van der Waals surface area contributed by atoms with Gasteiger partial charge in [0.05, 0.1) is 25.3 Å². The van der Waals surface area contributed by atoms with Gasteiger partial charge in [-0.1, -0.05) is 24.3 Å².